The molecule has 0 saturated carbocycles. The molecule has 0 aliphatic rings. The summed E-state index contributed by atoms with van der Waals surface area (Å²) in [5.41, 5.74) is 2.49. The van der Waals surface area contributed by atoms with Crippen LogP contribution in [-0.4, -0.2) is 19.7 Å². The Hall–Kier alpha value is -1.28. The Bertz CT molecular complexity index is 342. The van der Waals surface area contributed by atoms with Crippen molar-refractivity contribution in [2.75, 3.05) is 13.7 Å². The van der Waals surface area contributed by atoms with Crippen LogP contribution in [-0.2, 0) is 6.42 Å². The van der Waals surface area contributed by atoms with Crippen LogP contribution in [0, 0.1) is 0 Å². The van der Waals surface area contributed by atoms with Crippen LogP contribution >= 0.6 is 0 Å². The second-order valence-corrected chi connectivity index (χ2v) is 4.59. The second-order valence-electron chi connectivity index (χ2n) is 4.59. The van der Waals surface area contributed by atoms with Crippen molar-refractivity contribution >= 4 is 0 Å². The van der Waals surface area contributed by atoms with E-state index >= 15 is 0 Å². The summed E-state index contributed by atoms with van der Waals surface area (Å²) in [6.45, 7) is 8.76. The highest BCUT2D eigenvalue weighted by molar-refractivity contribution is 5.27. The van der Waals surface area contributed by atoms with Gasteiger partial charge in [0.2, 0.25) is 0 Å². The van der Waals surface area contributed by atoms with E-state index in [0.29, 0.717) is 12.6 Å². The summed E-state index contributed by atoms with van der Waals surface area (Å²) >= 11 is 0. The fraction of sp³-hybridized carbons (Fsp3) is 0.467. The predicted octanol–water partition coefficient (Wildman–Crippen LogP) is 3.18. The van der Waals surface area contributed by atoms with Crippen LogP contribution in [0.3, 0.4) is 0 Å². The first-order valence-electron chi connectivity index (χ1n) is 6.15. The Labute approximate surface area is 105 Å². The largest absolute Gasteiger partial charge is 0.493 e. The van der Waals surface area contributed by atoms with Crippen molar-refractivity contribution in [2.45, 2.75) is 32.7 Å². The minimum absolute atomic E-state index is 0.505. The van der Waals surface area contributed by atoms with Crippen molar-refractivity contribution in [3.8, 4) is 5.75 Å². The minimum atomic E-state index is 0.505. The second kappa shape index (κ2) is 7.13. The van der Waals surface area contributed by atoms with Crippen LogP contribution in [0.4, 0.5) is 0 Å². The summed E-state index contributed by atoms with van der Waals surface area (Å²) in [4.78, 5) is 0. The van der Waals surface area contributed by atoms with Crippen molar-refractivity contribution < 1.29 is 4.74 Å². The third-order valence-electron chi connectivity index (χ3n) is 2.76. The summed E-state index contributed by atoms with van der Waals surface area (Å²) in [6.07, 6.45) is 1.96. The molecule has 1 unspecified atom stereocenters. The fourth-order valence-electron chi connectivity index (χ4n) is 1.52. The van der Waals surface area contributed by atoms with Gasteiger partial charge in [0.1, 0.15) is 5.75 Å². The average molecular weight is 233 g/mol. The number of hydrogen-bond donors (Lipinski definition) is 1. The van der Waals surface area contributed by atoms with Crippen LogP contribution in [0.25, 0.3) is 0 Å². The topological polar surface area (TPSA) is 21.3 Å². The van der Waals surface area contributed by atoms with Gasteiger partial charge in [-0.05, 0) is 45.0 Å². The van der Waals surface area contributed by atoms with Gasteiger partial charge in [-0.15, -0.1) is 6.58 Å². The van der Waals surface area contributed by atoms with Gasteiger partial charge in [0.15, 0.2) is 0 Å². The maximum atomic E-state index is 5.63. The number of rotatable bonds is 7. The molecule has 0 spiro atoms. The van der Waals surface area contributed by atoms with Gasteiger partial charge >= 0.3 is 0 Å². The Morgan fingerprint density at radius 1 is 1.35 bits per heavy atom. The normalized spacial score (nSPS) is 12.2. The molecule has 1 N–H and O–H groups in total. The molecule has 2 nitrogen and oxygen atoms in total. The van der Waals surface area contributed by atoms with E-state index in [1.165, 1.54) is 5.56 Å². The van der Waals surface area contributed by atoms with E-state index in [1.54, 1.807) is 0 Å². The molecule has 0 heterocycles. The molecule has 0 aromatic heterocycles. The van der Waals surface area contributed by atoms with Gasteiger partial charge in [0.25, 0.3) is 0 Å². The first kappa shape index (κ1) is 13.8. The van der Waals surface area contributed by atoms with Gasteiger partial charge in [-0.1, -0.05) is 17.7 Å². The van der Waals surface area contributed by atoms with Crippen LogP contribution < -0.4 is 10.1 Å². The molecule has 1 aromatic rings. The van der Waals surface area contributed by atoms with Gasteiger partial charge in [-0.2, -0.15) is 0 Å². The highest BCUT2D eigenvalue weighted by atomic mass is 16.5. The standard InChI is InChI=1S/C15H23NO/c1-12(2)9-10-17-15-7-5-14(6-8-15)11-13(3)16-4/h5-8,13,16H,1,9-11H2,2-4H3. The van der Waals surface area contributed by atoms with Gasteiger partial charge in [-0.3, -0.25) is 0 Å². The summed E-state index contributed by atoms with van der Waals surface area (Å²) in [5.74, 6) is 0.937. The zero-order valence-electron chi connectivity index (χ0n) is 11.1. The summed E-state index contributed by atoms with van der Waals surface area (Å²) < 4.78 is 5.63. The highest BCUT2D eigenvalue weighted by Gasteiger charge is 2.01. The minimum Gasteiger partial charge on any atom is -0.493 e. The summed E-state index contributed by atoms with van der Waals surface area (Å²) in [7, 11) is 1.99. The molecule has 0 amide bonds. The molecular formula is C15H23NO. The Morgan fingerprint density at radius 3 is 2.53 bits per heavy atom. The molecule has 0 fully saturated rings. The van der Waals surface area contributed by atoms with Crippen LogP contribution in [0.1, 0.15) is 25.8 Å². The molecule has 0 aliphatic heterocycles. The molecule has 94 valence electrons. The molecule has 1 atom stereocenters. The smallest absolute Gasteiger partial charge is 0.119 e. The van der Waals surface area contributed by atoms with E-state index in [2.05, 4.69) is 31.0 Å². The Morgan fingerprint density at radius 2 is 2.00 bits per heavy atom. The van der Waals surface area contributed by atoms with E-state index in [1.807, 2.05) is 26.1 Å². The average Bonchev–Trinajstić information content (AvgIpc) is 2.31. The van der Waals surface area contributed by atoms with Crippen LogP contribution in [0.5, 0.6) is 5.75 Å². The SMILES string of the molecule is C=C(C)CCOc1ccc(CC(C)NC)cc1. The van der Waals surface area contributed by atoms with Crippen molar-refractivity contribution in [1.29, 1.82) is 0 Å². The number of nitrogens with one attached hydrogen (secondary N) is 1. The van der Waals surface area contributed by atoms with E-state index in [4.69, 9.17) is 4.74 Å². The first-order chi connectivity index (χ1) is 8.11. The number of ether oxygens (including phenoxy) is 1. The van der Waals surface area contributed by atoms with E-state index in [9.17, 15) is 0 Å². The monoisotopic (exact) mass is 233 g/mol. The summed E-state index contributed by atoms with van der Waals surface area (Å²) in [5, 5.41) is 3.23. The molecule has 0 saturated heterocycles. The third-order valence-corrected chi connectivity index (χ3v) is 2.76. The third kappa shape index (κ3) is 5.55. The molecule has 1 rings (SSSR count). The Balaban J connectivity index is 2.42. The molecule has 1 aromatic carbocycles. The quantitative estimate of drug-likeness (QED) is 0.730. The van der Waals surface area contributed by atoms with Crippen molar-refractivity contribution in [1.82, 2.24) is 5.32 Å². The van der Waals surface area contributed by atoms with Crippen molar-refractivity contribution in [3.05, 3.63) is 42.0 Å². The Kier molecular flexibility index (Phi) is 5.78. The van der Waals surface area contributed by atoms with Crippen LogP contribution in [0.2, 0.25) is 0 Å². The van der Waals surface area contributed by atoms with Gasteiger partial charge in [0.05, 0.1) is 6.61 Å². The predicted molar refractivity (Wildman–Crippen MR) is 73.6 cm³/mol. The fourth-order valence-corrected chi connectivity index (χ4v) is 1.52. The lowest BCUT2D eigenvalue weighted by Gasteiger charge is -2.11. The van der Waals surface area contributed by atoms with E-state index in [-0.39, 0.29) is 0 Å². The number of likely N-dealkylation sites (N-methyl/N-ethyl adjacent to an activating group) is 1. The molecule has 0 aliphatic carbocycles. The lowest BCUT2D eigenvalue weighted by molar-refractivity contribution is 0.321. The molecular weight excluding hydrogens is 210 g/mol. The van der Waals surface area contributed by atoms with Gasteiger partial charge in [-0.25, -0.2) is 0 Å². The van der Waals surface area contributed by atoms with Crippen LogP contribution in [0.15, 0.2) is 36.4 Å². The lowest BCUT2D eigenvalue weighted by atomic mass is 10.1. The van der Waals surface area contributed by atoms with Crippen molar-refractivity contribution in [3.63, 3.8) is 0 Å². The van der Waals surface area contributed by atoms with Gasteiger partial charge < -0.3 is 10.1 Å². The highest BCUT2D eigenvalue weighted by Crippen LogP contribution is 2.14. The number of benzene rings is 1. The zero-order chi connectivity index (χ0) is 12.7. The molecule has 17 heavy (non-hydrogen) atoms. The first-order valence-corrected chi connectivity index (χ1v) is 6.15. The van der Waals surface area contributed by atoms with Crippen molar-refractivity contribution in [2.24, 2.45) is 0 Å². The van der Waals surface area contributed by atoms with E-state index in [0.717, 1.165) is 24.2 Å². The number of hydrogen-bond acceptors (Lipinski definition) is 2. The maximum Gasteiger partial charge on any atom is 0.119 e. The maximum absolute atomic E-state index is 5.63. The lowest BCUT2D eigenvalue weighted by Crippen LogP contribution is -2.23. The molecule has 0 radical (unpaired) electrons. The zero-order valence-corrected chi connectivity index (χ0v) is 11.1. The van der Waals surface area contributed by atoms with E-state index < -0.39 is 0 Å². The summed E-state index contributed by atoms with van der Waals surface area (Å²) in [6, 6.07) is 8.84. The molecule has 0 bridgehead atoms. The molecule has 2 heteroatoms. The van der Waals surface area contributed by atoms with Gasteiger partial charge in [0, 0.05) is 12.5 Å².